The van der Waals surface area contributed by atoms with Gasteiger partial charge >= 0.3 is 5.97 Å². The van der Waals surface area contributed by atoms with E-state index in [9.17, 15) is 9.90 Å². The van der Waals surface area contributed by atoms with Gasteiger partial charge in [0.25, 0.3) is 0 Å². The molecule has 0 fully saturated rings. The van der Waals surface area contributed by atoms with Crippen molar-refractivity contribution in [2.45, 2.75) is 19.8 Å². The van der Waals surface area contributed by atoms with E-state index >= 15 is 0 Å². The number of aromatic hydroxyl groups is 1. The number of phenols is 1. The van der Waals surface area contributed by atoms with Gasteiger partial charge in [0.2, 0.25) is 0 Å². The normalized spacial score (nSPS) is 18.2. The molecule has 0 radical (unpaired) electrons. The van der Waals surface area contributed by atoms with Crippen LogP contribution in [0.15, 0.2) is 42.5 Å². The summed E-state index contributed by atoms with van der Waals surface area (Å²) in [6.45, 7) is 8.00. The Kier molecular flexibility index (Phi) is 2.78. The van der Waals surface area contributed by atoms with E-state index in [1.165, 1.54) is 0 Å². The van der Waals surface area contributed by atoms with Crippen molar-refractivity contribution >= 4 is 16.7 Å². The van der Waals surface area contributed by atoms with E-state index < -0.39 is 0 Å². The molecule has 0 bridgehead atoms. The van der Waals surface area contributed by atoms with E-state index in [1.807, 2.05) is 18.2 Å². The molecular weight excluding hydrogens is 252 g/mol. The maximum Gasteiger partial charge on any atom is 0.339 e. The molecule has 1 aliphatic heterocycles. The molecule has 1 heterocycles. The lowest BCUT2D eigenvalue weighted by Crippen LogP contribution is -2.26. The number of rotatable bonds is 1. The van der Waals surface area contributed by atoms with Crippen molar-refractivity contribution in [1.29, 1.82) is 0 Å². The third kappa shape index (κ3) is 1.78. The van der Waals surface area contributed by atoms with Gasteiger partial charge in [-0.25, -0.2) is 4.79 Å². The fourth-order valence-electron chi connectivity index (χ4n) is 2.92. The molecule has 0 amide bonds. The number of ether oxygens (including phenoxy) is 1. The second-order valence-corrected chi connectivity index (χ2v) is 5.52. The van der Waals surface area contributed by atoms with Gasteiger partial charge in [0, 0.05) is 17.1 Å². The van der Waals surface area contributed by atoms with Gasteiger partial charge in [0.15, 0.2) is 0 Å². The number of fused-ring (bicyclic) bond motifs is 3. The number of benzene rings is 2. The molecule has 0 aliphatic carbocycles. The largest absolute Gasteiger partial charge is 0.508 e. The molecule has 1 unspecified atom stereocenters. The molecule has 3 nitrogen and oxygen atoms in total. The Bertz CT molecular complexity index is 728. The number of esters is 1. The van der Waals surface area contributed by atoms with E-state index in [2.05, 4.69) is 20.4 Å². The van der Waals surface area contributed by atoms with Crippen LogP contribution in [0.2, 0.25) is 0 Å². The summed E-state index contributed by atoms with van der Waals surface area (Å²) in [5.74, 6) is 0.546. The summed E-state index contributed by atoms with van der Waals surface area (Å²) in [4.78, 5) is 11.9. The van der Waals surface area contributed by atoms with Crippen molar-refractivity contribution in [3.8, 4) is 11.5 Å². The smallest absolute Gasteiger partial charge is 0.339 e. The third-order valence-corrected chi connectivity index (χ3v) is 3.82. The molecule has 1 atom stereocenters. The van der Waals surface area contributed by atoms with Crippen LogP contribution in [0.4, 0.5) is 0 Å². The zero-order valence-electron chi connectivity index (χ0n) is 11.5. The lowest BCUT2D eigenvalue weighted by atomic mass is 9.79. The zero-order chi connectivity index (χ0) is 14.4. The minimum atomic E-state index is -0.365. The average Bonchev–Trinajstić information content (AvgIpc) is 2.39. The molecule has 1 N–H and O–H groups in total. The molecule has 20 heavy (non-hydrogen) atoms. The average molecular weight is 268 g/mol. The number of phenolic OH excluding ortho intramolecular Hbond substituents is 1. The van der Waals surface area contributed by atoms with Gasteiger partial charge in [0.1, 0.15) is 11.5 Å². The van der Waals surface area contributed by atoms with Crippen LogP contribution < -0.4 is 4.74 Å². The molecular formula is C17H16O3. The van der Waals surface area contributed by atoms with Gasteiger partial charge in [-0.15, -0.1) is 0 Å². The van der Waals surface area contributed by atoms with Crippen molar-refractivity contribution in [2.24, 2.45) is 5.92 Å². The van der Waals surface area contributed by atoms with Crippen LogP contribution in [0.1, 0.15) is 25.3 Å². The molecule has 0 saturated heterocycles. The van der Waals surface area contributed by atoms with Gasteiger partial charge in [0.05, 0.1) is 0 Å². The van der Waals surface area contributed by atoms with E-state index in [4.69, 9.17) is 4.74 Å². The Balaban J connectivity index is 2.37. The second kappa shape index (κ2) is 4.37. The molecule has 1 aliphatic rings. The van der Waals surface area contributed by atoms with Crippen molar-refractivity contribution in [1.82, 2.24) is 0 Å². The summed E-state index contributed by atoms with van der Waals surface area (Å²) in [6, 6.07) is 8.95. The first-order chi connectivity index (χ1) is 9.49. The van der Waals surface area contributed by atoms with Crippen molar-refractivity contribution in [3.05, 3.63) is 48.0 Å². The summed E-state index contributed by atoms with van der Waals surface area (Å²) in [6.07, 6.45) is 0. The van der Waals surface area contributed by atoms with E-state index in [1.54, 1.807) is 12.1 Å². The van der Waals surface area contributed by atoms with Crippen LogP contribution in [0.25, 0.3) is 10.8 Å². The fraction of sp³-hybridized carbons (Fsp3) is 0.235. The highest BCUT2D eigenvalue weighted by Crippen LogP contribution is 2.45. The maximum absolute atomic E-state index is 11.9. The molecule has 2 aromatic rings. The minimum absolute atomic E-state index is 0.0863. The first-order valence-electron chi connectivity index (χ1n) is 6.65. The first kappa shape index (κ1) is 12.7. The summed E-state index contributed by atoms with van der Waals surface area (Å²) in [7, 11) is 0. The van der Waals surface area contributed by atoms with Gasteiger partial charge in [-0.1, -0.05) is 32.6 Å². The second-order valence-electron chi connectivity index (χ2n) is 5.52. The monoisotopic (exact) mass is 268 g/mol. The summed E-state index contributed by atoms with van der Waals surface area (Å²) >= 11 is 0. The maximum atomic E-state index is 11.9. The molecule has 3 heteroatoms. The quantitative estimate of drug-likeness (QED) is 0.486. The van der Waals surface area contributed by atoms with E-state index in [0.717, 1.165) is 16.3 Å². The van der Waals surface area contributed by atoms with Crippen LogP contribution >= 0.6 is 0 Å². The Labute approximate surface area is 117 Å². The Morgan fingerprint density at radius 1 is 1.25 bits per heavy atom. The molecule has 0 spiro atoms. The van der Waals surface area contributed by atoms with Crippen LogP contribution in [0.5, 0.6) is 11.5 Å². The molecule has 102 valence electrons. The number of hydrogen-bond donors (Lipinski definition) is 1. The van der Waals surface area contributed by atoms with E-state index in [0.29, 0.717) is 11.3 Å². The highest BCUT2D eigenvalue weighted by molar-refractivity contribution is 5.99. The van der Waals surface area contributed by atoms with Crippen LogP contribution in [0, 0.1) is 5.92 Å². The SMILES string of the molecule is C=C1C(=O)Oc2ccc3ccc(O)cc3c2C1C(C)C. The first-order valence-corrected chi connectivity index (χ1v) is 6.65. The Hall–Kier alpha value is -2.29. The lowest BCUT2D eigenvalue weighted by Gasteiger charge is -2.30. The van der Waals surface area contributed by atoms with Crippen LogP contribution in [-0.4, -0.2) is 11.1 Å². The molecule has 0 saturated carbocycles. The molecule has 0 aromatic heterocycles. The van der Waals surface area contributed by atoms with E-state index in [-0.39, 0.29) is 23.6 Å². The summed E-state index contributed by atoms with van der Waals surface area (Å²) in [5.41, 5.74) is 1.42. The zero-order valence-corrected chi connectivity index (χ0v) is 11.5. The summed E-state index contributed by atoms with van der Waals surface area (Å²) in [5, 5.41) is 11.7. The minimum Gasteiger partial charge on any atom is -0.508 e. The summed E-state index contributed by atoms with van der Waals surface area (Å²) < 4.78 is 5.35. The number of carbonyl (C=O) groups is 1. The Morgan fingerprint density at radius 2 is 1.95 bits per heavy atom. The van der Waals surface area contributed by atoms with Gasteiger partial charge in [-0.3, -0.25) is 0 Å². The standard InChI is InChI=1S/C17H16O3/c1-9(2)15-10(3)17(19)20-14-7-5-11-4-6-12(18)8-13(11)16(14)15/h4-9,15,18H,3H2,1-2H3. The van der Waals surface area contributed by atoms with Crippen LogP contribution in [0.3, 0.4) is 0 Å². The van der Waals surface area contributed by atoms with Gasteiger partial charge in [-0.2, -0.15) is 0 Å². The third-order valence-electron chi connectivity index (χ3n) is 3.82. The van der Waals surface area contributed by atoms with Crippen LogP contribution in [-0.2, 0) is 4.79 Å². The van der Waals surface area contributed by atoms with Crippen molar-refractivity contribution in [3.63, 3.8) is 0 Å². The topological polar surface area (TPSA) is 46.5 Å². The molecule has 3 rings (SSSR count). The highest BCUT2D eigenvalue weighted by atomic mass is 16.5. The highest BCUT2D eigenvalue weighted by Gasteiger charge is 2.34. The Morgan fingerprint density at radius 3 is 2.65 bits per heavy atom. The van der Waals surface area contributed by atoms with Crippen molar-refractivity contribution < 1.29 is 14.6 Å². The van der Waals surface area contributed by atoms with Crippen molar-refractivity contribution in [2.75, 3.05) is 0 Å². The lowest BCUT2D eigenvalue weighted by molar-refractivity contribution is -0.131. The predicted molar refractivity (Wildman–Crippen MR) is 78.0 cm³/mol. The van der Waals surface area contributed by atoms with Gasteiger partial charge < -0.3 is 9.84 Å². The fourth-order valence-corrected chi connectivity index (χ4v) is 2.92. The van der Waals surface area contributed by atoms with Gasteiger partial charge in [-0.05, 0) is 34.9 Å². The number of carbonyl (C=O) groups excluding carboxylic acids is 1. The number of hydrogen-bond acceptors (Lipinski definition) is 3. The molecule has 2 aromatic carbocycles. The predicted octanol–water partition coefficient (Wildman–Crippen LogP) is 3.76.